The van der Waals surface area contributed by atoms with Gasteiger partial charge < -0.3 is 19.5 Å². The molecule has 9 nitrogen and oxygen atoms in total. The molecule has 0 saturated carbocycles. The second kappa shape index (κ2) is 10.5. The number of para-hydroxylation sites is 1. The number of carbonyl (C=O) groups excluding carboxylic acids is 3. The maximum atomic E-state index is 12.3. The Morgan fingerprint density at radius 3 is 2.28 bits per heavy atom. The highest BCUT2D eigenvalue weighted by Crippen LogP contribution is 2.27. The lowest BCUT2D eigenvalue weighted by Gasteiger charge is -2.12. The van der Waals surface area contributed by atoms with Crippen LogP contribution in [0.4, 0.5) is 0 Å². The molecule has 0 atom stereocenters. The topological polar surface area (TPSA) is 115 Å². The third-order valence-corrected chi connectivity index (χ3v) is 3.80. The van der Waals surface area contributed by atoms with Crippen LogP contribution in [0.25, 0.3) is 0 Å². The lowest BCUT2D eigenvalue weighted by Crippen LogP contribution is -2.46. The number of carbonyl (C=O) groups is 3. The molecule has 0 spiro atoms. The predicted molar refractivity (Wildman–Crippen MR) is 105 cm³/mol. The third kappa shape index (κ3) is 5.86. The van der Waals surface area contributed by atoms with E-state index in [4.69, 9.17) is 14.2 Å². The molecule has 2 aromatic carbocycles. The van der Waals surface area contributed by atoms with Crippen LogP contribution in [0.5, 0.6) is 17.2 Å². The zero-order valence-corrected chi connectivity index (χ0v) is 16.4. The summed E-state index contributed by atoms with van der Waals surface area (Å²) < 4.78 is 15.6. The Kier molecular flexibility index (Phi) is 7.84. The molecule has 154 valence electrons. The zero-order chi connectivity index (χ0) is 21.2. The highest BCUT2D eigenvalue weighted by molar-refractivity contribution is 5.99. The first kappa shape index (κ1) is 21.5. The van der Waals surface area contributed by atoms with Crippen LogP contribution in [-0.2, 0) is 4.79 Å². The summed E-state index contributed by atoms with van der Waals surface area (Å²) in [5.74, 6) is -0.326. The van der Waals surface area contributed by atoms with E-state index in [-0.39, 0.29) is 12.1 Å². The summed E-state index contributed by atoms with van der Waals surface area (Å²) in [6.45, 7) is 1.89. The smallest absolute Gasteiger partial charge is 0.269 e. The van der Waals surface area contributed by atoms with Crippen molar-refractivity contribution in [3.05, 3.63) is 53.6 Å². The minimum Gasteiger partial charge on any atom is -0.493 e. The van der Waals surface area contributed by atoms with E-state index < -0.39 is 17.7 Å². The SMILES string of the molecule is CCOc1ccccc1C(=O)NCC(=O)NNC(=O)c1ccc(OC)c(OC)c1. The van der Waals surface area contributed by atoms with Crippen molar-refractivity contribution in [2.45, 2.75) is 6.92 Å². The minimum absolute atomic E-state index is 0.262. The normalized spacial score (nSPS) is 9.90. The van der Waals surface area contributed by atoms with Gasteiger partial charge in [-0.1, -0.05) is 12.1 Å². The third-order valence-electron chi connectivity index (χ3n) is 3.80. The molecule has 0 aliphatic heterocycles. The summed E-state index contributed by atoms with van der Waals surface area (Å²) in [4.78, 5) is 36.4. The van der Waals surface area contributed by atoms with E-state index in [1.165, 1.54) is 26.4 Å². The number of benzene rings is 2. The molecule has 0 radical (unpaired) electrons. The molecule has 0 aliphatic carbocycles. The second-order valence-electron chi connectivity index (χ2n) is 5.68. The molecule has 0 aliphatic rings. The van der Waals surface area contributed by atoms with E-state index >= 15 is 0 Å². The minimum atomic E-state index is -0.596. The predicted octanol–water partition coefficient (Wildman–Crippen LogP) is 1.29. The summed E-state index contributed by atoms with van der Waals surface area (Å²) >= 11 is 0. The summed E-state index contributed by atoms with van der Waals surface area (Å²) in [6.07, 6.45) is 0. The zero-order valence-electron chi connectivity index (χ0n) is 16.4. The van der Waals surface area contributed by atoms with E-state index in [0.717, 1.165) is 0 Å². The maximum absolute atomic E-state index is 12.3. The van der Waals surface area contributed by atoms with Gasteiger partial charge in [-0.15, -0.1) is 0 Å². The van der Waals surface area contributed by atoms with E-state index in [9.17, 15) is 14.4 Å². The Hall–Kier alpha value is -3.75. The number of hydrogen-bond acceptors (Lipinski definition) is 6. The van der Waals surface area contributed by atoms with Crippen molar-refractivity contribution in [2.75, 3.05) is 27.4 Å². The standard InChI is InChI=1S/C20H23N3O6/c1-4-29-15-8-6-5-7-14(15)20(26)21-12-18(24)22-23-19(25)13-9-10-16(27-2)17(11-13)28-3/h5-11H,4,12H2,1-3H3,(H,21,26)(H,22,24)(H,23,25). The molecular formula is C20H23N3O6. The second-order valence-corrected chi connectivity index (χ2v) is 5.68. The molecule has 0 saturated heterocycles. The molecule has 29 heavy (non-hydrogen) atoms. The maximum Gasteiger partial charge on any atom is 0.269 e. The Morgan fingerprint density at radius 1 is 0.862 bits per heavy atom. The van der Waals surface area contributed by atoms with Gasteiger partial charge in [-0.25, -0.2) is 0 Å². The van der Waals surface area contributed by atoms with Crippen molar-refractivity contribution in [3.8, 4) is 17.2 Å². The Bertz CT molecular complexity index is 884. The number of amides is 3. The van der Waals surface area contributed by atoms with Crippen LogP contribution in [0.3, 0.4) is 0 Å². The van der Waals surface area contributed by atoms with Gasteiger partial charge in [-0.05, 0) is 37.3 Å². The first-order valence-corrected chi connectivity index (χ1v) is 8.81. The van der Waals surface area contributed by atoms with Crippen molar-refractivity contribution in [2.24, 2.45) is 0 Å². The highest BCUT2D eigenvalue weighted by atomic mass is 16.5. The fraction of sp³-hybridized carbons (Fsp3) is 0.250. The van der Waals surface area contributed by atoms with Gasteiger partial charge >= 0.3 is 0 Å². The number of methoxy groups -OCH3 is 2. The van der Waals surface area contributed by atoms with Crippen molar-refractivity contribution in [3.63, 3.8) is 0 Å². The lowest BCUT2D eigenvalue weighted by molar-refractivity contribution is -0.120. The summed E-state index contributed by atoms with van der Waals surface area (Å²) in [6, 6.07) is 11.3. The summed E-state index contributed by atoms with van der Waals surface area (Å²) in [5, 5.41) is 2.48. The molecule has 2 rings (SSSR count). The molecule has 3 amide bonds. The summed E-state index contributed by atoms with van der Waals surface area (Å²) in [7, 11) is 2.94. The molecule has 0 aromatic heterocycles. The van der Waals surface area contributed by atoms with Crippen LogP contribution in [0, 0.1) is 0 Å². The molecule has 0 unspecified atom stereocenters. The fourth-order valence-corrected chi connectivity index (χ4v) is 2.41. The number of nitrogens with one attached hydrogen (secondary N) is 3. The molecular weight excluding hydrogens is 378 g/mol. The fourth-order valence-electron chi connectivity index (χ4n) is 2.41. The first-order chi connectivity index (χ1) is 14.0. The average Bonchev–Trinajstić information content (AvgIpc) is 2.75. The van der Waals surface area contributed by atoms with E-state index in [2.05, 4.69) is 16.2 Å². The first-order valence-electron chi connectivity index (χ1n) is 8.81. The number of rotatable bonds is 8. The molecule has 0 fully saturated rings. The van der Waals surface area contributed by atoms with Crippen LogP contribution >= 0.6 is 0 Å². The largest absolute Gasteiger partial charge is 0.493 e. The van der Waals surface area contributed by atoms with E-state index in [0.29, 0.717) is 29.4 Å². The van der Waals surface area contributed by atoms with Crippen LogP contribution in [0.2, 0.25) is 0 Å². The average molecular weight is 401 g/mol. The Balaban J connectivity index is 1.87. The highest BCUT2D eigenvalue weighted by Gasteiger charge is 2.14. The number of hydrazine groups is 1. The van der Waals surface area contributed by atoms with Crippen molar-refractivity contribution >= 4 is 17.7 Å². The van der Waals surface area contributed by atoms with Gasteiger partial charge in [0.25, 0.3) is 17.7 Å². The van der Waals surface area contributed by atoms with Gasteiger partial charge in [0.15, 0.2) is 11.5 Å². The summed E-state index contributed by atoms with van der Waals surface area (Å²) in [5.41, 5.74) is 5.09. The van der Waals surface area contributed by atoms with Gasteiger partial charge in [0.05, 0.1) is 32.9 Å². The monoisotopic (exact) mass is 401 g/mol. The Labute approximate surface area is 168 Å². The van der Waals surface area contributed by atoms with Crippen molar-refractivity contribution in [1.82, 2.24) is 16.2 Å². The Morgan fingerprint density at radius 2 is 1.59 bits per heavy atom. The van der Waals surface area contributed by atoms with Gasteiger partial charge in [0.2, 0.25) is 0 Å². The van der Waals surface area contributed by atoms with E-state index in [1.807, 2.05) is 6.92 Å². The molecule has 3 N–H and O–H groups in total. The van der Waals surface area contributed by atoms with Crippen LogP contribution in [0.1, 0.15) is 27.6 Å². The molecule has 9 heteroatoms. The van der Waals surface area contributed by atoms with Gasteiger partial charge in [-0.2, -0.15) is 0 Å². The molecule has 0 bridgehead atoms. The van der Waals surface area contributed by atoms with Gasteiger partial charge in [-0.3, -0.25) is 25.2 Å². The van der Waals surface area contributed by atoms with Gasteiger partial charge in [0.1, 0.15) is 5.75 Å². The number of ether oxygens (including phenoxy) is 3. The van der Waals surface area contributed by atoms with E-state index in [1.54, 1.807) is 30.3 Å². The quantitative estimate of drug-likeness (QED) is 0.575. The van der Waals surface area contributed by atoms with Crippen molar-refractivity contribution in [1.29, 1.82) is 0 Å². The van der Waals surface area contributed by atoms with Gasteiger partial charge in [0, 0.05) is 5.56 Å². The van der Waals surface area contributed by atoms with Crippen LogP contribution in [-0.4, -0.2) is 45.1 Å². The van der Waals surface area contributed by atoms with Crippen LogP contribution in [0.15, 0.2) is 42.5 Å². The molecule has 2 aromatic rings. The van der Waals surface area contributed by atoms with Crippen molar-refractivity contribution < 1.29 is 28.6 Å². The lowest BCUT2D eigenvalue weighted by atomic mass is 10.2. The number of hydrogen-bond donors (Lipinski definition) is 3. The molecule has 0 heterocycles. The van der Waals surface area contributed by atoms with Crippen LogP contribution < -0.4 is 30.4 Å².